The predicted molar refractivity (Wildman–Crippen MR) is 39.6 cm³/mol. The third-order valence-corrected chi connectivity index (χ3v) is 2.11. The molecule has 2 nitrogen and oxygen atoms in total. The fourth-order valence-corrected chi connectivity index (χ4v) is 1.50. The van der Waals surface area contributed by atoms with Crippen LogP contribution in [0.3, 0.4) is 0 Å². The molecule has 1 aliphatic heterocycles. The minimum absolute atomic E-state index is 0.306. The summed E-state index contributed by atoms with van der Waals surface area (Å²) in [6, 6.07) is 0. The normalized spacial score (nSPS) is 40.5. The molecule has 10 heavy (non-hydrogen) atoms. The standard InChI is InChI=1S/C8H16O2/c1-3-4-7-6(2)5-8(9)10-7/h6-9H,3-5H2,1-2H3. The Bertz CT molecular complexity index is 103. The highest BCUT2D eigenvalue weighted by molar-refractivity contribution is 4.73. The zero-order valence-corrected chi connectivity index (χ0v) is 6.71. The average Bonchev–Trinajstić information content (AvgIpc) is 2.13. The van der Waals surface area contributed by atoms with Gasteiger partial charge in [-0.1, -0.05) is 20.3 Å². The van der Waals surface area contributed by atoms with Crippen molar-refractivity contribution in [2.24, 2.45) is 5.92 Å². The van der Waals surface area contributed by atoms with Gasteiger partial charge in [0.05, 0.1) is 6.10 Å². The summed E-state index contributed by atoms with van der Waals surface area (Å²) in [7, 11) is 0. The summed E-state index contributed by atoms with van der Waals surface area (Å²) in [5.74, 6) is 0.537. The van der Waals surface area contributed by atoms with Gasteiger partial charge in [0.15, 0.2) is 6.29 Å². The van der Waals surface area contributed by atoms with Crippen LogP contribution in [0, 0.1) is 5.92 Å². The molecule has 0 saturated carbocycles. The quantitative estimate of drug-likeness (QED) is 0.637. The molecule has 1 rings (SSSR count). The number of ether oxygens (including phenoxy) is 1. The van der Waals surface area contributed by atoms with Crippen molar-refractivity contribution < 1.29 is 9.84 Å². The maximum Gasteiger partial charge on any atom is 0.155 e. The molecule has 0 aromatic heterocycles. The second-order valence-corrected chi connectivity index (χ2v) is 3.13. The van der Waals surface area contributed by atoms with Crippen LogP contribution in [-0.2, 0) is 4.74 Å². The molecular formula is C8H16O2. The molecule has 1 aliphatic rings. The first-order valence-corrected chi connectivity index (χ1v) is 4.07. The van der Waals surface area contributed by atoms with Crippen molar-refractivity contribution >= 4 is 0 Å². The van der Waals surface area contributed by atoms with E-state index in [4.69, 9.17) is 9.84 Å². The van der Waals surface area contributed by atoms with Gasteiger partial charge < -0.3 is 9.84 Å². The van der Waals surface area contributed by atoms with E-state index in [9.17, 15) is 0 Å². The topological polar surface area (TPSA) is 29.5 Å². The summed E-state index contributed by atoms with van der Waals surface area (Å²) in [4.78, 5) is 0. The molecule has 1 saturated heterocycles. The summed E-state index contributed by atoms with van der Waals surface area (Å²) < 4.78 is 5.27. The fourth-order valence-electron chi connectivity index (χ4n) is 1.50. The molecule has 1 heterocycles. The van der Waals surface area contributed by atoms with E-state index in [1.54, 1.807) is 0 Å². The van der Waals surface area contributed by atoms with Crippen LogP contribution in [-0.4, -0.2) is 17.5 Å². The Labute approximate surface area is 62.2 Å². The van der Waals surface area contributed by atoms with Gasteiger partial charge in [-0.05, 0) is 12.3 Å². The van der Waals surface area contributed by atoms with Gasteiger partial charge in [-0.25, -0.2) is 0 Å². The minimum Gasteiger partial charge on any atom is -0.368 e. The maximum absolute atomic E-state index is 9.07. The van der Waals surface area contributed by atoms with E-state index in [2.05, 4.69) is 13.8 Å². The number of hydrogen-bond acceptors (Lipinski definition) is 2. The first-order chi connectivity index (χ1) is 4.74. The number of hydrogen-bond donors (Lipinski definition) is 1. The van der Waals surface area contributed by atoms with Crippen LogP contribution < -0.4 is 0 Å². The van der Waals surface area contributed by atoms with Gasteiger partial charge in [-0.15, -0.1) is 0 Å². The van der Waals surface area contributed by atoms with Crippen LogP contribution in [0.25, 0.3) is 0 Å². The van der Waals surface area contributed by atoms with E-state index in [0.717, 1.165) is 19.3 Å². The second kappa shape index (κ2) is 3.35. The second-order valence-electron chi connectivity index (χ2n) is 3.13. The SMILES string of the molecule is CCCC1OC(O)CC1C. The summed E-state index contributed by atoms with van der Waals surface area (Å²) in [5, 5.41) is 9.07. The third kappa shape index (κ3) is 1.70. The van der Waals surface area contributed by atoms with Crippen molar-refractivity contribution in [3.8, 4) is 0 Å². The Kier molecular flexibility index (Phi) is 2.69. The lowest BCUT2D eigenvalue weighted by atomic mass is 10.0. The van der Waals surface area contributed by atoms with Crippen molar-refractivity contribution in [3.05, 3.63) is 0 Å². The molecule has 3 atom stereocenters. The highest BCUT2D eigenvalue weighted by Gasteiger charge is 2.29. The lowest BCUT2D eigenvalue weighted by molar-refractivity contribution is -0.0934. The number of aliphatic hydroxyl groups excluding tert-OH is 1. The Hall–Kier alpha value is -0.0800. The highest BCUT2D eigenvalue weighted by atomic mass is 16.6. The van der Waals surface area contributed by atoms with Gasteiger partial charge in [0, 0.05) is 6.42 Å². The number of aliphatic hydroxyl groups is 1. The summed E-state index contributed by atoms with van der Waals surface area (Å²) in [5.41, 5.74) is 0. The zero-order valence-electron chi connectivity index (χ0n) is 6.71. The van der Waals surface area contributed by atoms with Crippen LogP contribution in [0.1, 0.15) is 33.1 Å². The molecule has 0 spiro atoms. The van der Waals surface area contributed by atoms with Crippen LogP contribution in [0.5, 0.6) is 0 Å². The Morgan fingerprint density at radius 2 is 2.30 bits per heavy atom. The molecular weight excluding hydrogens is 128 g/mol. The number of rotatable bonds is 2. The lowest BCUT2D eigenvalue weighted by Gasteiger charge is -2.11. The molecule has 1 N–H and O–H groups in total. The monoisotopic (exact) mass is 144 g/mol. The Morgan fingerprint density at radius 3 is 2.70 bits per heavy atom. The third-order valence-electron chi connectivity index (χ3n) is 2.11. The summed E-state index contributed by atoms with van der Waals surface area (Å²) >= 11 is 0. The van der Waals surface area contributed by atoms with Gasteiger partial charge in [-0.2, -0.15) is 0 Å². The Morgan fingerprint density at radius 1 is 1.60 bits per heavy atom. The largest absolute Gasteiger partial charge is 0.368 e. The van der Waals surface area contributed by atoms with E-state index >= 15 is 0 Å². The first-order valence-electron chi connectivity index (χ1n) is 4.07. The fraction of sp³-hybridized carbons (Fsp3) is 1.00. The molecule has 0 aromatic carbocycles. The van der Waals surface area contributed by atoms with Crippen LogP contribution in [0.15, 0.2) is 0 Å². The van der Waals surface area contributed by atoms with Crippen LogP contribution in [0.4, 0.5) is 0 Å². The molecule has 60 valence electrons. The average molecular weight is 144 g/mol. The van der Waals surface area contributed by atoms with Crippen molar-refractivity contribution in [1.82, 2.24) is 0 Å². The van der Waals surface area contributed by atoms with Crippen molar-refractivity contribution in [1.29, 1.82) is 0 Å². The van der Waals surface area contributed by atoms with E-state index in [-0.39, 0.29) is 0 Å². The predicted octanol–water partition coefficient (Wildman–Crippen LogP) is 1.53. The van der Waals surface area contributed by atoms with Crippen molar-refractivity contribution in [2.45, 2.75) is 45.5 Å². The molecule has 0 amide bonds. The van der Waals surface area contributed by atoms with Gasteiger partial charge in [0.2, 0.25) is 0 Å². The van der Waals surface area contributed by atoms with Crippen LogP contribution >= 0.6 is 0 Å². The summed E-state index contributed by atoms with van der Waals surface area (Å²) in [6.07, 6.45) is 2.84. The van der Waals surface area contributed by atoms with Crippen molar-refractivity contribution in [3.63, 3.8) is 0 Å². The molecule has 0 aliphatic carbocycles. The van der Waals surface area contributed by atoms with Gasteiger partial charge >= 0.3 is 0 Å². The van der Waals surface area contributed by atoms with Crippen LogP contribution in [0.2, 0.25) is 0 Å². The lowest BCUT2D eigenvalue weighted by Crippen LogP contribution is -2.13. The van der Waals surface area contributed by atoms with Gasteiger partial charge in [0.1, 0.15) is 0 Å². The zero-order chi connectivity index (χ0) is 7.56. The summed E-state index contributed by atoms with van der Waals surface area (Å²) in [6.45, 7) is 4.28. The minimum atomic E-state index is -0.494. The molecule has 0 radical (unpaired) electrons. The van der Waals surface area contributed by atoms with Crippen molar-refractivity contribution in [2.75, 3.05) is 0 Å². The van der Waals surface area contributed by atoms with E-state index in [0.29, 0.717) is 12.0 Å². The molecule has 2 heteroatoms. The maximum atomic E-state index is 9.07. The molecule has 0 bridgehead atoms. The Balaban J connectivity index is 2.31. The smallest absolute Gasteiger partial charge is 0.155 e. The van der Waals surface area contributed by atoms with Gasteiger partial charge in [0.25, 0.3) is 0 Å². The molecule has 0 aromatic rings. The molecule has 3 unspecified atom stereocenters. The van der Waals surface area contributed by atoms with E-state index < -0.39 is 6.29 Å². The highest BCUT2D eigenvalue weighted by Crippen LogP contribution is 2.27. The van der Waals surface area contributed by atoms with E-state index in [1.165, 1.54) is 0 Å². The molecule has 1 fully saturated rings. The van der Waals surface area contributed by atoms with Gasteiger partial charge in [-0.3, -0.25) is 0 Å². The van der Waals surface area contributed by atoms with E-state index in [1.807, 2.05) is 0 Å². The first kappa shape index (κ1) is 8.02.